The van der Waals surface area contributed by atoms with Gasteiger partial charge < -0.3 is 14.4 Å². The van der Waals surface area contributed by atoms with Crippen molar-refractivity contribution in [3.8, 4) is 0 Å². The summed E-state index contributed by atoms with van der Waals surface area (Å²) >= 11 is 0. The van der Waals surface area contributed by atoms with E-state index in [4.69, 9.17) is 9.47 Å². The zero-order valence-corrected chi connectivity index (χ0v) is 15.4. The first kappa shape index (κ1) is 18.1. The number of aromatic nitrogens is 2. The van der Waals surface area contributed by atoms with E-state index in [1.54, 1.807) is 10.8 Å². The topological polar surface area (TPSA) is 56.6 Å². The average molecular weight is 347 g/mol. The van der Waals surface area contributed by atoms with E-state index in [9.17, 15) is 4.79 Å². The molecule has 0 saturated carbocycles. The normalized spacial score (nSPS) is 26.3. The fourth-order valence-corrected chi connectivity index (χ4v) is 4.14. The van der Waals surface area contributed by atoms with Gasteiger partial charge in [0.1, 0.15) is 5.69 Å². The summed E-state index contributed by atoms with van der Waals surface area (Å²) in [5, 5.41) is 4.41. The lowest BCUT2D eigenvalue weighted by molar-refractivity contribution is -0.144. The summed E-state index contributed by atoms with van der Waals surface area (Å²) in [7, 11) is 0. The molecule has 2 aliphatic heterocycles. The molecule has 0 spiro atoms. The van der Waals surface area contributed by atoms with Gasteiger partial charge in [0.05, 0.1) is 25.0 Å². The van der Waals surface area contributed by atoms with E-state index in [1.165, 1.54) is 0 Å². The SMILES string of the molecule is C=CCOCC12CCCOC1CCN(C(=O)c1cc(C)nn1CC)C2. The van der Waals surface area contributed by atoms with Gasteiger partial charge in [-0.05, 0) is 39.2 Å². The Balaban J connectivity index is 1.78. The molecule has 2 fully saturated rings. The first-order chi connectivity index (χ1) is 12.1. The van der Waals surface area contributed by atoms with Crippen molar-refractivity contribution in [3.63, 3.8) is 0 Å². The minimum atomic E-state index is -0.110. The largest absolute Gasteiger partial charge is 0.377 e. The number of amides is 1. The number of fused-ring (bicyclic) bond motifs is 1. The van der Waals surface area contributed by atoms with Crippen LogP contribution in [0.25, 0.3) is 0 Å². The van der Waals surface area contributed by atoms with E-state index in [0.717, 1.165) is 38.1 Å². The van der Waals surface area contributed by atoms with Crippen LogP contribution < -0.4 is 0 Å². The molecule has 0 aliphatic carbocycles. The Morgan fingerprint density at radius 1 is 1.60 bits per heavy atom. The number of piperidine rings is 1. The molecule has 3 heterocycles. The third-order valence-electron chi connectivity index (χ3n) is 5.32. The van der Waals surface area contributed by atoms with Crippen LogP contribution in [0.3, 0.4) is 0 Å². The number of carbonyl (C=O) groups excluding carboxylic acids is 1. The number of aryl methyl sites for hydroxylation is 2. The summed E-state index contributed by atoms with van der Waals surface area (Å²) in [5.41, 5.74) is 1.45. The lowest BCUT2D eigenvalue weighted by Gasteiger charge is -2.50. The molecule has 0 aromatic carbocycles. The molecule has 25 heavy (non-hydrogen) atoms. The number of hydrogen-bond acceptors (Lipinski definition) is 4. The molecule has 2 saturated heterocycles. The number of hydrogen-bond donors (Lipinski definition) is 0. The lowest BCUT2D eigenvalue weighted by Crippen LogP contribution is -2.58. The third kappa shape index (κ3) is 3.65. The van der Waals surface area contributed by atoms with Crippen molar-refractivity contribution >= 4 is 5.91 Å². The molecule has 3 rings (SSSR count). The van der Waals surface area contributed by atoms with Crippen molar-refractivity contribution < 1.29 is 14.3 Å². The molecular formula is C19H29N3O3. The third-order valence-corrected chi connectivity index (χ3v) is 5.32. The van der Waals surface area contributed by atoms with Crippen molar-refractivity contribution in [3.05, 3.63) is 30.1 Å². The number of nitrogens with zero attached hydrogens (tertiary/aromatic N) is 3. The molecule has 6 nitrogen and oxygen atoms in total. The predicted molar refractivity (Wildman–Crippen MR) is 95.6 cm³/mol. The molecule has 6 heteroatoms. The van der Waals surface area contributed by atoms with Crippen molar-refractivity contribution in [2.24, 2.45) is 5.41 Å². The Morgan fingerprint density at radius 2 is 2.44 bits per heavy atom. The highest BCUT2D eigenvalue weighted by atomic mass is 16.5. The van der Waals surface area contributed by atoms with Crippen LogP contribution in [-0.4, -0.2) is 59.6 Å². The maximum absolute atomic E-state index is 13.1. The molecule has 0 bridgehead atoms. The maximum Gasteiger partial charge on any atom is 0.272 e. The van der Waals surface area contributed by atoms with Gasteiger partial charge in [-0.1, -0.05) is 6.08 Å². The molecule has 2 unspecified atom stereocenters. The molecule has 0 N–H and O–H groups in total. The van der Waals surface area contributed by atoms with Gasteiger partial charge in [0.2, 0.25) is 0 Å². The van der Waals surface area contributed by atoms with Crippen molar-refractivity contribution in [2.45, 2.75) is 45.8 Å². The van der Waals surface area contributed by atoms with Crippen LogP contribution in [0.2, 0.25) is 0 Å². The van der Waals surface area contributed by atoms with Gasteiger partial charge in [-0.2, -0.15) is 5.10 Å². The fraction of sp³-hybridized carbons (Fsp3) is 0.684. The number of likely N-dealkylation sites (tertiary alicyclic amines) is 1. The Kier molecular flexibility index (Phi) is 5.59. The van der Waals surface area contributed by atoms with Gasteiger partial charge in [-0.25, -0.2) is 0 Å². The van der Waals surface area contributed by atoms with E-state index in [2.05, 4.69) is 11.7 Å². The first-order valence-electron chi connectivity index (χ1n) is 9.23. The summed E-state index contributed by atoms with van der Waals surface area (Å²) < 4.78 is 13.6. The number of rotatable bonds is 6. The molecule has 2 atom stereocenters. The summed E-state index contributed by atoms with van der Waals surface area (Å²) in [6.07, 6.45) is 4.85. The predicted octanol–water partition coefficient (Wildman–Crippen LogP) is 2.43. The average Bonchev–Trinajstić information content (AvgIpc) is 3.01. The van der Waals surface area contributed by atoms with Crippen molar-refractivity contribution in [2.75, 3.05) is 32.9 Å². The molecule has 2 aliphatic rings. The zero-order valence-electron chi connectivity index (χ0n) is 15.4. The first-order valence-corrected chi connectivity index (χ1v) is 9.23. The van der Waals surface area contributed by atoms with Gasteiger partial charge in [0.15, 0.2) is 0 Å². The van der Waals surface area contributed by atoms with E-state index in [-0.39, 0.29) is 17.4 Å². The highest BCUT2D eigenvalue weighted by Crippen LogP contribution is 2.40. The van der Waals surface area contributed by atoms with E-state index < -0.39 is 0 Å². The Hall–Kier alpha value is -1.66. The number of ether oxygens (including phenoxy) is 2. The molecule has 1 amide bonds. The van der Waals surface area contributed by atoms with Crippen LogP contribution in [0, 0.1) is 12.3 Å². The van der Waals surface area contributed by atoms with Gasteiger partial charge >= 0.3 is 0 Å². The maximum atomic E-state index is 13.1. The summed E-state index contributed by atoms with van der Waals surface area (Å²) in [6.45, 7) is 11.7. The molecule has 1 aromatic rings. The highest BCUT2D eigenvalue weighted by molar-refractivity contribution is 5.92. The molecule has 1 aromatic heterocycles. The summed E-state index contributed by atoms with van der Waals surface area (Å²) in [5.74, 6) is 0.0644. The van der Waals surface area contributed by atoms with Crippen LogP contribution in [0.4, 0.5) is 0 Å². The Labute approximate surface area is 149 Å². The minimum Gasteiger partial charge on any atom is -0.377 e. The molecule has 138 valence electrons. The fourth-order valence-electron chi connectivity index (χ4n) is 4.14. The van der Waals surface area contributed by atoms with Gasteiger partial charge in [-0.15, -0.1) is 6.58 Å². The second-order valence-electron chi connectivity index (χ2n) is 7.13. The molecular weight excluding hydrogens is 318 g/mol. The second kappa shape index (κ2) is 7.70. The second-order valence-corrected chi connectivity index (χ2v) is 7.13. The Morgan fingerprint density at radius 3 is 3.20 bits per heavy atom. The molecule has 0 radical (unpaired) electrons. The van der Waals surface area contributed by atoms with Crippen LogP contribution in [0.15, 0.2) is 18.7 Å². The van der Waals surface area contributed by atoms with Crippen LogP contribution in [-0.2, 0) is 16.0 Å². The van der Waals surface area contributed by atoms with Crippen LogP contribution in [0.1, 0.15) is 42.4 Å². The van der Waals surface area contributed by atoms with Crippen LogP contribution in [0.5, 0.6) is 0 Å². The standard InChI is InChI=1S/C19H29N3O3/c1-4-10-24-14-19-8-6-11-25-17(19)7-9-21(13-19)18(23)16-12-15(3)20-22(16)5-2/h4,12,17H,1,5-11,13-14H2,2-3H3. The van der Waals surface area contributed by atoms with E-state index >= 15 is 0 Å². The van der Waals surface area contributed by atoms with Gasteiger partial charge in [-0.3, -0.25) is 9.48 Å². The van der Waals surface area contributed by atoms with Gasteiger partial charge in [0.25, 0.3) is 5.91 Å². The van der Waals surface area contributed by atoms with E-state index in [0.29, 0.717) is 32.0 Å². The van der Waals surface area contributed by atoms with Crippen LogP contribution >= 0.6 is 0 Å². The summed E-state index contributed by atoms with van der Waals surface area (Å²) in [6, 6.07) is 1.89. The van der Waals surface area contributed by atoms with Crippen molar-refractivity contribution in [1.82, 2.24) is 14.7 Å². The monoisotopic (exact) mass is 347 g/mol. The summed E-state index contributed by atoms with van der Waals surface area (Å²) in [4.78, 5) is 15.1. The van der Waals surface area contributed by atoms with Gasteiger partial charge in [0, 0.05) is 31.7 Å². The smallest absolute Gasteiger partial charge is 0.272 e. The zero-order chi connectivity index (χ0) is 17.9. The van der Waals surface area contributed by atoms with Crippen molar-refractivity contribution in [1.29, 1.82) is 0 Å². The lowest BCUT2D eigenvalue weighted by atomic mass is 9.73. The minimum absolute atomic E-state index is 0.0644. The highest BCUT2D eigenvalue weighted by Gasteiger charge is 2.47. The number of carbonyl (C=O) groups is 1. The Bertz CT molecular complexity index is 627. The van der Waals surface area contributed by atoms with E-state index in [1.807, 2.05) is 24.8 Å². The quantitative estimate of drug-likeness (QED) is 0.586.